The minimum Gasteiger partial charge on any atom is -0.394 e. The molecule has 1 amide bonds. The Labute approximate surface area is 456 Å². The number of allylic oxidation sites excluding steroid dienone is 2. The third-order valence-electron chi connectivity index (χ3n) is 15.7. The van der Waals surface area contributed by atoms with Gasteiger partial charge in [-0.2, -0.15) is 0 Å². The van der Waals surface area contributed by atoms with E-state index < -0.39 is 86.8 Å². The van der Waals surface area contributed by atoms with Crippen LogP contribution in [0.15, 0.2) is 12.2 Å². The maximum absolute atomic E-state index is 13.3. The summed E-state index contributed by atoms with van der Waals surface area (Å²) in [6.45, 7) is 2.90. The van der Waals surface area contributed by atoms with Crippen molar-refractivity contribution in [3.05, 3.63) is 12.2 Å². The van der Waals surface area contributed by atoms with E-state index >= 15 is 0 Å². The zero-order chi connectivity index (χ0) is 54.6. The van der Waals surface area contributed by atoms with Crippen LogP contribution in [0.2, 0.25) is 0 Å². The predicted molar refractivity (Wildman–Crippen MR) is 300 cm³/mol. The number of hydrogen-bond donors (Lipinski definition) is 9. The Morgan fingerprint density at radius 2 is 0.840 bits per heavy atom. The number of rotatable bonds is 51. The smallest absolute Gasteiger partial charge is 0.220 e. The van der Waals surface area contributed by atoms with Crippen molar-refractivity contribution in [2.24, 2.45) is 0 Å². The lowest BCUT2D eigenvalue weighted by Crippen LogP contribution is -2.65. The molecule has 2 saturated heterocycles. The van der Waals surface area contributed by atoms with Gasteiger partial charge in [0.05, 0.1) is 32.0 Å². The normalized spacial score (nSPS) is 25.0. The number of amides is 1. The molecule has 2 heterocycles. The third-order valence-corrected chi connectivity index (χ3v) is 15.7. The summed E-state index contributed by atoms with van der Waals surface area (Å²) in [6.07, 6.45) is 37.8. The Balaban J connectivity index is 1.73. The molecule has 75 heavy (non-hydrogen) atoms. The molecule has 0 aromatic heterocycles. The van der Waals surface area contributed by atoms with E-state index in [4.69, 9.17) is 18.9 Å². The lowest BCUT2D eigenvalue weighted by molar-refractivity contribution is -0.359. The number of nitrogens with one attached hydrogen (secondary N) is 1. The summed E-state index contributed by atoms with van der Waals surface area (Å²) in [5, 5.41) is 87.4. The van der Waals surface area contributed by atoms with Gasteiger partial charge in [-0.3, -0.25) is 4.79 Å². The van der Waals surface area contributed by atoms with Gasteiger partial charge in [0, 0.05) is 6.42 Å². The van der Waals surface area contributed by atoms with E-state index in [9.17, 15) is 45.6 Å². The van der Waals surface area contributed by atoms with E-state index in [-0.39, 0.29) is 12.5 Å². The van der Waals surface area contributed by atoms with Crippen LogP contribution in [0.25, 0.3) is 0 Å². The summed E-state index contributed by atoms with van der Waals surface area (Å²) in [7, 11) is 0. The van der Waals surface area contributed by atoms with Gasteiger partial charge in [0.25, 0.3) is 0 Å². The topological polar surface area (TPSA) is 228 Å². The average Bonchev–Trinajstić information content (AvgIpc) is 3.41. The summed E-state index contributed by atoms with van der Waals surface area (Å²) in [4.78, 5) is 13.3. The first-order valence-electron chi connectivity index (χ1n) is 31.4. The molecule has 0 aliphatic carbocycles. The van der Waals surface area contributed by atoms with Gasteiger partial charge in [0.2, 0.25) is 5.91 Å². The Morgan fingerprint density at radius 1 is 0.467 bits per heavy atom. The summed E-state index contributed by atoms with van der Waals surface area (Å²) in [6, 6.07) is -0.827. The zero-order valence-electron chi connectivity index (χ0n) is 47.8. The number of aliphatic hydroxyl groups excluding tert-OH is 8. The second-order valence-electron chi connectivity index (χ2n) is 22.5. The Morgan fingerprint density at radius 3 is 1.27 bits per heavy atom. The molecule has 2 fully saturated rings. The van der Waals surface area contributed by atoms with Crippen molar-refractivity contribution in [2.75, 3.05) is 19.8 Å². The van der Waals surface area contributed by atoms with Gasteiger partial charge in [-0.1, -0.05) is 244 Å². The van der Waals surface area contributed by atoms with Gasteiger partial charge in [0.1, 0.15) is 48.8 Å². The summed E-state index contributed by atoms with van der Waals surface area (Å²) in [5.74, 6) is -0.204. The minimum atomic E-state index is -1.78. The van der Waals surface area contributed by atoms with Crippen LogP contribution in [0.1, 0.15) is 277 Å². The summed E-state index contributed by atoms with van der Waals surface area (Å²) < 4.78 is 22.9. The van der Waals surface area contributed by atoms with Gasteiger partial charge < -0.3 is 65.1 Å². The van der Waals surface area contributed by atoms with Crippen LogP contribution in [0.4, 0.5) is 0 Å². The van der Waals surface area contributed by atoms with E-state index in [1.165, 1.54) is 199 Å². The van der Waals surface area contributed by atoms with E-state index in [0.29, 0.717) is 12.8 Å². The van der Waals surface area contributed by atoms with E-state index in [2.05, 4.69) is 31.3 Å². The first-order valence-corrected chi connectivity index (χ1v) is 31.4. The molecule has 0 bridgehead atoms. The fraction of sp³-hybridized carbons (Fsp3) is 0.951. The number of unbranched alkanes of at least 4 members (excludes halogenated alkanes) is 36. The molecule has 14 heteroatoms. The zero-order valence-corrected chi connectivity index (χ0v) is 47.8. The summed E-state index contributed by atoms with van der Waals surface area (Å²) in [5.41, 5.74) is 0. The molecular formula is C61H117NO13. The molecule has 2 aliphatic rings. The highest BCUT2D eigenvalue weighted by atomic mass is 16.7. The lowest BCUT2D eigenvalue weighted by Gasteiger charge is -2.46. The van der Waals surface area contributed by atoms with E-state index in [1.807, 2.05) is 0 Å². The lowest BCUT2D eigenvalue weighted by atomic mass is 9.97. The van der Waals surface area contributed by atoms with Crippen LogP contribution in [-0.4, -0.2) is 140 Å². The average molecular weight is 1070 g/mol. The van der Waals surface area contributed by atoms with Crippen LogP contribution in [0, 0.1) is 0 Å². The van der Waals surface area contributed by atoms with Gasteiger partial charge in [0.15, 0.2) is 12.6 Å². The largest absolute Gasteiger partial charge is 0.394 e. The highest BCUT2D eigenvalue weighted by molar-refractivity contribution is 5.76. The van der Waals surface area contributed by atoms with Gasteiger partial charge >= 0.3 is 0 Å². The molecule has 0 aromatic carbocycles. The maximum Gasteiger partial charge on any atom is 0.220 e. The Bertz CT molecular complexity index is 1310. The van der Waals surface area contributed by atoms with Gasteiger partial charge in [-0.25, -0.2) is 0 Å². The van der Waals surface area contributed by atoms with Crippen LogP contribution in [0.5, 0.6) is 0 Å². The van der Waals surface area contributed by atoms with E-state index in [1.54, 1.807) is 0 Å². The molecule has 12 atom stereocenters. The second-order valence-corrected chi connectivity index (χ2v) is 22.5. The van der Waals surface area contributed by atoms with Crippen molar-refractivity contribution < 1.29 is 64.6 Å². The van der Waals surface area contributed by atoms with Gasteiger partial charge in [-0.05, 0) is 38.5 Å². The fourth-order valence-electron chi connectivity index (χ4n) is 10.6. The first kappa shape index (κ1) is 69.8. The van der Waals surface area contributed by atoms with Crippen molar-refractivity contribution in [2.45, 2.75) is 351 Å². The second kappa shape index (κ2) is 47.5. The van der Waals surface area contributed by atoms with Crippen LogP contribution < -0.4 is 5.32 Å². The molecule has 12 unspecified atom stereocenters. The molecule has 14 nitrogen and oxygen atoms in total. The summed E-state index contributed by atoms with van der Waals surface area (Å²) >= 11 is 0. The molecule has 0 saturated carbocycles. The molecule has 0 radical (unpaired) electrons. The number of hydrogen-bond acceptors (Lipinski definition) is 13. The molecule has 0 aromatic rings. The molecule has 0 spiro atoms. The highest BCUT2D eigenvalue weighted by Gasteiger charge is 2.51. The third kappa shape index (κ3) is 33.2. The standard InChI is InChI=1S/C61H117NO13/c1-3-5-7-9-11-13-15-17-19-21-23-25-27-29-31-33-35-37-39-41-43-45-53(66)62-49(50(65)44-42-40-38-36-34-32-30-28-26-24-22-20-18-16-14-12-10-8-6-4-2)48-72-60-58(71)56(69)59(52(47-64)74-60)75-61-57(70)55(68)54(67)51(46-63)73-61/h21,23,49-52,54-61,63-65,67-71H,3-20,22,24-48H2,1-2H3,(H,62,66)/b23-21-. The fourth-order valence-corrected chi connectivity index (χ4v) is 10.6. The number of carbonyl (C=O) groups excluding carboxylic acids is 1. The molecule has 2 rings (SSSR count). The SMILES string of the molecule is CCCCCCCCCC/C=C\CCCCCCCCCCCC(=O)NC(COC1OC(CO)C(OC2OC(CO)C(O)C(O)C2O)C(O)C1O)C(O)CCCCCCCCCCCCCCCCCCCCCC. The quantitative estimate of drug-likeness (QED) is 0.0204. The molecule has 2 aliphatic heterocycles. The number of carbonyl (C=O) groups is 1. The molecular weight excluding hydrogens is 955 g/mol. The number of ether oxygens (including phenoxy) is 4. The monoisotopic (exact) mass is 1070 g/mol. The van der Waals surface area contributed by atoms with Gasteiger partial charge in [-0.15, -0.1) is 0 Å². The van der Waals surface area contributed by atoms with Crippen molar-refractivity contribution in [3.63, 3.8) is 0 Å². The first-order chi connectivity index (χ1) is 36.6. The van der Waals surface area contributed by atoms with Crippen molar-refractivity contribution in [3.8, 4) is 0 Å². The Hall–Kier alpha value is -1.27. The maximum atomic E-state index is 13.3. The minimum absolute atomic E-state index is 0.204. The molecule has 444 valence electrons. The van der Waals surface area contributed by atoms with Crippen molar-refractivity contribution in [1.82, 2.24) is 5.32 Å². The van der Waals surface area contributed by atoms with E-state index in [0.717, 1.165) is 51.4 Å². The number of aliphatic hydroxyl groups is 8. The van der Waals surface area contributed by atoms with Crippen molar-refractivity contribution in [1.29, 1.82) is 0 Å². The van der Waals surface area contributed by atoms with Crippen LogP contribution in [-0.2, 0) is 23.7 Å². The Kier molecular flexibility index (Phi) is 44.3. The highest BCUT2D eigenvalue weighted by Crippen LogP contribution is 2.30. The van der Waals surface area contributed by atoms with Crippen LogP contribution >= 0.6 is 0 Å². The molecule has 9 N–H and O–H groups in total. The van der Waals surface area contributed by atoms with Crippen molar-refractivity contribution >= 4 is 5.91 Å². The van der Waals surface area contributed by atoms with Crippen LogP contribution in [0.3, 0.4) is 0 Å². The predicted octanol–water partition coefficient (Wildman–Crippen LogP) is 11.1.